The van der Waals surface area contributed by atoms with Crippen LogP contribution in [0.15, 0.2) is 23.3 Å². The molecular formula is C13H24O2. The second-order valence-corrected chi connectivity index (χ2v) is 3.96. The SMILES string of the molecule is CC(C)=CCCC(C)=CCO.CC(C)=O. The summed E-state index contributed by atoms with van der Waals surface area (Å²) in [5.74, 6) is 0.167. The molecule has 0 spiro atoms. The summed E-state index contributed by atoms with van der Waals surface area (Å²) < 4.78 is 0. The van der Waals surface area contributed by atoms with Gasteiger partial charge in [0.25, 0.3) is 0 Å². The number of ketones is 1. The second-order valence-electron chi connectivity index (χ2n) is 3.96. The maximum Gasteiger partial charge on any atom is 0.126 e. The predicted molar refractivity (Wildman–Crippen MR) is 65.9 cm³/mol. The highest BCUT2D eigenvalue weighted by molar-refractivity contribution is 5.72. The maximum atomic E-state index is 9.44. The Balaban J connectivity index is 0. The van der Waals surface area contributed by atoms with E-state index >= 15 is 0 Å². The fraction of sp³-hybridized carbons (Fsp3) is 0.615. The molecule has 0 saturated carbocycles. The van der Waals surface area contributed by atoms with Gasteiger partial charge in [-0.25, -0.2) is 0 Å². The minimum atomic E-state index is 0.167. The monoisotopic (exact) mass is 212 g/mol. The van der Waals surface area contributed by atoms with Crippen molar-refractivity contribution in [3.63, 3.8) is 0 Å². The smallest absolute Gasteiger partial charge is 0.126 e. The van der Waals surface area contributed by atoms with Crippen LogP contribution in [0.5, 0.6) is 0 Å². The molecule has 2 nitrogen and oxygen atoms in total. The lowest BCUT2D eigenvalue weighted by Crippen LogP contribution is -1.80. The Bertz CT molecular complexity index is 217. The van der Waals surface area contributed by atoms with Crippen LogP contribution in [-0.4, -0.2) is 17.5 Å². The molecule has 0 fully saturated rings. The van der Waals surface area contributed by atoms with Crippen LogP contribution in [0, 0.1) is 0 Å². The largest absolute Gasteiger partial charge is 0.392 e. The number of carbonyl (C=O) groups excluding carboxylic acids is 1. The Kier molecular flexibility index (Phi) is 12.3. The average Bonchev–Trinajstić information content (AvgIpc) is 2.02. The Labute approximate surface area is 93.7 Å². The van der Waals surface area contributed by atoms with E-state index in [0.717, 1.165) is 12.8 Å². The number of aliphatic hydroxyl groups excluding tert-OH is 1. The van der Waals surface area contributed by atoms with Crippen molar-refractivity contribution < 1.29 is 9.90 Å². The molecule has 0 aliphatic carbocycles. The van der Waals surface area contributed by atoms with Crippen molar-refractivity contribution in [2.24, 2.45) is 0 Å². The number of Topliss-reactive ketones (excluding diaryl/α,β-unsaturated/α-hetero) is 1. The highest BCUT2D eigenvalue weighted by Crippen LogP contribution is 2.05. The molecule has 0 aromatic heterocycles. The van der Waals surface area contributed by atoms with Crippen LogP contribution < -0.4 is 0 Å². The third-order valence-corrected chi connectivity index (χ3v) is 1.53. The zero-order valence-corrected chi connectivity index (χ0v) is 10.6. The van der Waals surface area contributed by atoms with Crippen LogP contribution in [0.4, 0.5) is 0 Å². The average molecular weight is 212 g/mol. The fourth-order valence-corrected chi connectivity index (χ4v) is 0.846. The molecule has 0 radical (unpaired) electrons. The lowest BCUT2D eigenvalue weighted by molar-refractivity contribution is -0.114. The Morgan fingerprint density at radius 3 is 1.87 bits per heavy atom. The number of allylic oxidation sites excluding steroid dienone is 3. The van der Waals surface area contributed by atoms with E-state index in [1.165, 1.54) is 25.0 Å². The summed E-state index contributed by atoms with van der Waals surface area (Å²) in [6.45, 7) is 9.48. The van der Waals surface area contributed by atoms with Crippen molar-refractivity contribution >= 4 is 5.78 Å². The zero-order chi connectivity index (χ0) is 12.3. The molecule has 2 heteroatoms. The topological polar surface area (TPSA) is 37.3 Å². The fourth-order valence-electron chi connectivity index (χ4n) is 0.846. The lowest BCUT2D eigenvalue weighted by atomic mass is 10.1. The van der Waals surface area contributed by atoms with Gasteiger partial charge in [0.2, 0.25) is 0 Å². The molecule has 0 atom stereocenters. The van der Waals surface area contributed by atoms with Gasteiger partial charge in [0.15, 0.2) is 0 Å². The van der Waals surface area contributed by atoms with Crippen molar-refractivity contribution in [3.05, 3.63) is 23.3 Å². The normalized spacial score (nSPS) is 10.1. The van der Waals surface area contributed by atoms with Crippen molar-refractivity contribution in [3.8, 4) is 0 Å². The van der Waals surface area contributed by atoms with Crippen LogP contribution in [0.2, 0.25) is 0 Å². The van der Waals surface area contributed by atoms with Gasteiger partial charge in [-0.05, 0) is 47.5 Å². The molecule has 0 unspecified atom stereocenters. The van der Waals surface area contributed by atoms with Gasteiger partial charge in [0, 0.05) is 0 Å². The molecular weight excluding hydrogens is 188 g/mol. The minimum absolute atomic E-state index is 0.167. The van der Waals surface area contributed by atoms with Crippen molar-refractivity contribution in [2.75, 3.05) is 6.61 Å². The minimum Gasteiger partial charge on any atom is -0.392 e. The third-order valence-electron chi connectivity index (χ3n) is 1.53. The standard InChI is InChI=1S/C10H18O.C3H6O/c1-9(2)5-4-6-10(3)7-8-11;1-3(2)4/h5,7,11H,4,6,8H2,1-3H3;1-2H3. The molecule has 0 amide bonds. The molecule has 88 valence electrons. The summed E-state index contributed by atoms with van der Waals surface area (Å²) >= 11 is 0. The van der Waals surface area contributed by atoms with Gasteiger partial charge in [-0.2, -0.15) is 0 Å². The van der Waals surface area contributed by atoms with Gasteiger partial charge in [-0.15, -0.1) is 0 Å². The zero-order valence-electron chi connectivity index (χ0n) is 10.6. The first kappa shape index (κ1) is 16.5. The molecule has 0 rings (SSSR count). The van der Waals surface area contributed by atoms with E-state index in [-0.39, 0.29) is 12.4 Å². The Morgan fingerprint density at radius 1 is 1.07 bits per heavy atom. The molecule has 0 saturated heterocycles. The summed E-state index contributed by atoms with van der Waals surface area (Å²) in [6.07, 6.45) is 6.23. The van der Waals surface area contributed by atoms with E-state index in [2.05, 4.69) is 26.8 Å². The van der Waals surface area contributed by atoms with Crippen molar-refractivity contribution in [2.45, 2.75) is 47.5 Å². The molecule has 0 aromatic carbocycles. The van der Waals surface area contributed by atoms with Gasteiger partial charge in [-0.1, -0.05) is 23.3 Å². The summed E-state index contributed by atoms with van der Waals surface area (Å²) in [4.78, 5) is 9.44. The van der Waals surface area contributed by atoms with Crippen LogP contribution >= 0.6 is 0 Å². The molecule has 0 bridgehead atoms. The van der Waals surface area contributed by atoms with E-state index < -0.39 is 0 Å². The summed E-state index contributed by atoms with van der Waals surface area (Å²) in [5, 5.41) is 8.55. The second kappa shape index (κ2) is 11.2. The first-order chi connectivity index (χ1) is 6.90. The lowest BCUT2D eigenvalue weighted by Gasteiger charge is -1.96. The molecule has 0 aliphatic rings. The first-order valence-corrected chi connectivity index (χ1v) is 5.27. The molecule has 0 aliphatic heterocycles. The number of hydrogen-bond acceptors (Lipinski definition) is 2. The number of carbonyl (C=O) groups is 1. The first-order valence-electron chi connectivity index (χ1n) is 5.27. The molecule has 15 heavy (non-hydrogen) atoms. The third kappa shape index (κ3) is 24.6. The summed E-state index contributed by atoms with van der Waals surface area (Å²) in [5.41, 5.74) is 2.63. The number of hydrogen-bond donors (Lipinski definition) is 1. The summed E-state index contributed by atoms with van der Waals surface area (Å²) in [7, 11) is 0. The van der Waals surface area contributed by atoms with Gasteiger partial charge in [0.1, 0.15) is 5.78 Å². The highest BCUT2D eigenvalue weighted by Gasteiger charge is 1.86. The van der Waals surface area contributed by atoms with Gasteiger partial charge >= 0.3 is 0 Å². The quantitative estimate of drug-likeness (QED) is 0.726. The molecule has 0 heterocycles. The molecule has 1 N–H and O–H groups in total. The van der Waals surface area contributed by atoms with Crippen LogP contribution in [0.1, 0.15) is 47.5 Å². The molecule has 0 aromatic rings. The number of aliphatic hydroxyl groups is 1. The van der Waals surface area contributed by atoms with E-state index in [1.807, 2.05) is 6.08 Å². The van der Waals surface area contributed by atoms with Gasteiger partial charge in [-0.3, -0.25) is 0 Å². The van der Waals surface area contributed by atoms with Crippen LogP contribution in [0.25, 0.3) is 0 Å². The van der Waals surface area contributed by atoms with Crippen molar-refractivity contribution in [1.29, 1.82) is 0 Å². The van der Waals surface area contributed by atoms with Gasteiger partial charge in [0.05, 0.1) is 6.61 Å². The Morgan fingerprint density at radius 2 is 1.53 bits per heavy atom. The van der Waals surface area contributed by atoms with E-state index in [0.29, 0.717) is 0 Å². The van der Waals surface area contributed by atoms with E-state index in [1.54, 1.807) is 0 Å². The summed E-state index contributed by atoms with van der Waals surface area (Å²) in [6, 6.07) is 0. The van der Waals surface area contributed by atoms with Gasteiger partial charge < -0.3 is 9.90 Å². The van der Waals surface area contributed by atoms with E-state index in [9.17, 15) is 4.79 Å². The highest BCUT2D eigenvalue weighted by atomic mass is 16.2. The van der Waals surface area contributed by atoms with Crippen LogP contribution in [-0.2, 0) is 4.79 Å². The number of rotatable bonds is 4. The van der Waals surface area contributed by atoms with Crippen LogP contribution in [0.3, 0.4) is 0 Å². The van der Waals surface area contributed by atoms with E-state index in [4.69, 9.17) is 5.11 Å². The Hall–Kier alpha value is -0.890. The predicted octanol–water partition coefficient (Wildman–Crippen LogP) is 3.27. The maximum absolute atomic E-state index is 9.44. The van der Waals surface area contributed by atoms with Crippen molar-refractivity contribution in [1.82, 2.24) is 0 Å².